The van der Waals surface area contributed by atoms with E-state index in [0.29, 0.717) is 20.5 Å². The van der Waals surface area contributed by atoms with Crippen LogP contribution >= 0.6 is 22.6 Å². The molecule has 2 aromatic carbocycles. The molecule has 0 fully saturated rings. The molecule has 1 aromatic heterocycles. The minimum Gasteiger partial charge on any atom is -0.497 e. The second kappa shape index (κ2) is 6.56. The van der Waals surface area contributed by atoms with Crippen LogP contribution in [0.5, 0.6) is 5.75 Å². The Labute approximate surface area is 154 Å². The van der Waals surface area contributed by atoms with Gasteiger partial charge in [0.15, 0.2) is 0 Å². The molecule has 1 N–H and O–H groups in total. The van der Waals surface area contributed by atoms with E-state index in [1.165, 1.54) is 0 Å². The van der Waals surface area contributed by atoms with Gasteiger partial charge in [-0.25, -0.2) is 8.42 Å². The summed E-state index contributed by atoms with van der Waals surface area (Å²) in [6.45, 7) is 1.92. The average molecular weight is 454 g/mol. The molecule has 0 spiro atoms. The molecule has 24 heavy (non-hydrogen) atoms. The summed E-state index contributed by atoms with van der Waals surface area (Å²) in [5, 5.41) is 0.799. The Bertz CT molecular complexity index is 1020. The maximum atomic E-state index is 12.8. The fourth-order valence-electron chi connectivity index (χ4n) is 2.38. The smallest absolute Gasteiger partial charge is 0.263 e. The number of aryl methyl sites for hydroxylation is 1. The third-order valence-corrected chi connectivity index (χ3v) is 6.22. The molecule has 0 saturated carbocycles. The predicted molar refractivity (Wildman–Crippen MR) is 103 cm³/mol. The van der Waals surface area contributed by atoms with Crippen LogP contribution in [0.15, 0.2) is 53.6 Å². The zero-order valence-electron chi connectivity index (χ0n) is 13.1. The van der Waals surface area contributed by atoms with Crippen molar-refractivity contribution in [2.45, 2.75) is 11.8 Å². The Hall–Kier alpha value is -1.87. The predicted octanol–water partition coefficient (Wildman–Crippen LogP) is 3.96. The standard InChI is InChI=1S/C17H15IN2O3S/c1-11-5-6-16(14(18)8-11)24(21,22)20-15-10-13(23-2)9-12-4-3-7-19-17(12)15/h3-10,20H,1-2H3. The summed E-state index contributed by atoms with van der Waals surface area (Å²) in [4.78, 5) is 4.52. The molecule has 0 amide bonds. The molecule has 0 aliphatic rings. The summed E-state index contributed by atoms with van der Waals surface area (Å²) in [6.07, 6.45) is 1.63. The fraction of sp³-hybridized carbons (Fsp3) is 0.118. The first-order chi connectivity index (χ1) is 11.4. The molecule has 0 atom stereocenters. The SMILES string of the molecule is COc1cc(NS(=O)(=O)c2ccc(C)cc2I)c2ncccc2c1. The van der Waals surface area contributed by atoms with E-state index < -0.39 is 10.0 Å². The topological polar surface area (TPSA) is 68.3 Å². The Balaban J connectivity index is 2.11. The summed E-state index contributed by atoms with van der Waals surface area (Å²) in [5.74, 6) is 0.562. The molecule has 0 aliphatic carbocycles. The first kappa shape index (κ1) is 17.0. The number of fused-ring (bicyclic) bond motifs is 1. The number of nitrogens with zero attached hydrogens (tertiary/aromatic N) is 1. The molecule has 0 aliphatic heterocycles. The zero-order chi connectivity index (χ0) is 17.3. The molecular formula is C17H15IN2O3S. The molecule has 0 radical (unpaired) electrons. The van der Waals surface area contributed by atoms with E-state index >= 15 is 0 Å². The van der Waals surface area contributed by atoms with Gasteiger partial charge in [-0.1, -0.05) is 12.1 Å². The summed E-state index contributed by atoms with van der Waals surface area (Å²) < 4.78 is 34.1. The van der Waals surface area contributed by atoms with Gasteiger partial charge in [0.1, 0.15) is 10.6 Å². The van der Waals surface area contributed by atoms with Crippen LogP contribution in [-0.4, -0.2) is 20.5 Å². The molecule has 124 valence electrons. The van der Waals surface area contributed by atoms with Crippen LogP contribution in [0.4, 0.5) is 5.69 Å². The van der Waals surface area contributed by atoms with Crippen molar-refractivity contribution in [3.63, 3.8) is 0 Å². The summed E-state index contributed by atoms with van der Waals surface area (Å²) in [7, 11) is -2.19. The van der Waals surface area contributed by atoms with Crippen molar-refractivity contribution < 1.29 is 13.2 Å². The lowest BCUT2D eigenvalue weighted by molar-refractivity contribution is 0.415. The third kappa shape index (κ3) is 3.32. The number of benzene rings is 2. The van der Waals surface area contributed by atoms with E-state index in [0.717, 1.165) is 10.9 Å². The van der Waals surface area contributed by atoms with Gasteiger partial charge in [-0.3, -0.25) is 9.71 Å². The van der Waals surface area contributed by atoms with Crippen LogP contribution < -0.4 is 9.46 Å². The number of methoxy groups -OCH3 is 1. The maximum absolute atomic E-state index is 12.8. The monoisotopic (exact) mass is 454 g/mol. The number of aromatic nitrogens is 1. The van der Waals surface area contributed by atoms with E-state index in [4.69, 9.17) is 4.74 Å². The zero-order valence-corrected chi connectivity index (χ0v) is 16.1. The average Bonchev–Trinajstić information content (AvgIpc) is 2.54. The van der Waals surface area contributed by atoms with Gasteiger partial charge in [-0.05, 0) is 59.3 Å². The van der Waals surface area contributed by atoms with E-state index in [1.807, 2.05) is 47.7 Å². The summed E-state index contributed by atoms with van der Waals surface area (Å²) in [6, 6.07) is 12.3. The van der Waals surface area contributed by atoms with Gasteiger partial charge in [-0.15, -0.1) is 0 Å². The third-order valence-electron chi connectivity index (χ3n) is 3.54. The summed E-state index contributed by atoms with van der Waals surface area (Å²) >= 11 is 2.03. The van der Waals surface area contributed by atoms with Crippen molar-refractivity contribution in [1.29, 1.82) is 0 Å². The number of hydrogen-bond acceptors (Lipinski definition) is 4. The normalized spacial score (nSPS) is 11.5. The van der Waals surface area contributed by atoms with Crippen molar-refractivity contribution in [3.05, 3.63) is 57.8 Å². The minimum absolute atomic E-state index is 0.237. The fourth-order valence-corrected chi connectivity index (χ4v) is 5.04. The van der Waals surface area contributed by atoms with Crippen LogP contribution in [0.1, 0.15) is 5.56 Å². The number of pyridine rings is 1. The van der Waals surface area contributed by atoms with Crippen molar-refractivity contribution in [3.8, 4) is 5.75 Å². The number of nitrogens with one attached hydrogen (secondary N) is 1. The highest BCUT2D eigenvalue weighted by molar-refractivity contribution is 14.1. The van der Waals surface area contributed by atoms with Gasteiger partial charge >= 0.3 is 0 Å². The highest BCUT2D eigenvalue weighted by Crippen LogP contribution is 2.30. The second-order valence-electron chi connectivity index (χ2n) is 5.29. The molecule has 5 nitrogen and oxygen atoms in total. The molecule has 0 unspecified atom stereocenters. The number of anilines is 1. The highest BCUT2D eigenvalue weighted by Gasteiger charge is 2.19. The lowest BCUT2D eigenvalue weighted by atomic mass is 10.2. The van der Waals surface area contributed by atoms with E-state index in [9.17, 15) is 8.42 Å². The van der Waals surface area contributed by atoms with E-state index in [-0.39, 0.29) is 4.90 Å². The van der Waals surface area contributed by atoms with Crippen molar-refractivity contribution in [2.75, 3.05) is 11.8 Å². The van der Waals surface area contributed by atoms with Gasteiger partial charge < -0.3 is 4.74 Å². The van der Waals surface area contributed by atoms with Gasteiger partial charge in [0, 0.05) is 21.2 Å². The Kier molecular flexibility index (Phi) is 4.64. The Morgan fingerprint density at radius 1 is 1.17 bits per heavy atom. The van der Waals surface area contributed by atoms with Crippen LogP contribution in [0, 0.1) is 10.5 Å². The van der Waals surface area contributed by atoms with Crippen molar-refractivity contribution in [2.24, 2.45) is 0 Å². The highest BCUT2D eigenvalue weighted by atomic mass is 127. The molecule has 3 aromatic rings. The Morgan fingerprint density at radius 2 is 1.96 bits per heavy atom. The number of halogens is 1. The van der Waals surface area contributed by atoms with Crippen LogP contribution in [0.25, 0.3) is 10.9 Å². The van der Waals surface area contributed by atoms with Gasteiger partial charge in [-0.2, -0.15) is 0 Å². The largest absolute Gasteiger partial charge is 0.497 e. The molecule has 0 bridgehead atoms. The minimum atomic E-state index is -3.73. The number of rotatable bonds is 4. The van der Waals surface area contributed by atoms with Crippen LogP contribution in [-0.2, 0) is 10.0 Å². The molecule has 3 rings (SSSR count). The van der Waals surface area contributed by atoms with Gasteiger partial charge in [0.25, 0.3) is 10.0 Å². The number of sulfonamides is 1. The molecular weight excluding hydrogens is 439 g/mol. The first-order valence-corrected chi connectivity index (χ1v) is 9.68. The van der Waals surface area contributed by atoms with Crippen LogP contribution in [0.3, 0.4) is 0 Å². The van der Waals surface area contributed by atoms with Crippen molar-refractivity contribution in [1.82, 2.24) is 4.98 Å². The molecule has 0 saturated heterocycles. The molecule has 7 heteroatoms. The number of hydrogen-bond donors (Lipinski definition) is 1. The van der Waals surface area contributed by atoms with E-state index in [2.05, 4.69) is 9.71 Å². The number of ether oxygens (including phenoxy) is 1. The van der Waals surface area contributed by atoms with Crippen molar-refractivity contribution >= 4 is 49.2 Å². The quantitative estimate of drug-likeness (QED) is 0.607. The second-order valence-corrected chi connectivity index (χ2v) is 8.10. The lowest BCUT2D eigenvalue weighted by Crippen LogP contribution is -2.15. The van der Waals surface area contributed by atoms with E-state index in [1.54, 1.807) is 37.6 Å². The lowest BCUT2D eigenvalue weighted by Gasteiger charge is -2.13. The maximum Gasteiger partial charge on any atom is 0.263 e. The van der Waals surface area contributed by atoms with Gasteiger partial charge in [0.05, 0.1) is 18.3 Å². The van der Waals surface area contributed by atoms with Gasteiger partial charge in [0.2, 0.25) is 0 Å². The molecule has 1 heterocycles. The summed E-state index contributed by atoms with van der Waals surface area (Å²) in [5.41, 5.74) is 1.97. The Morgan fingerprint density at radius 3 is 2.67 bits per heavy atom. The van der Waals surface area contributed by atoms with Crippen LogP contribution in [0.2, 0.25) is 0 Å². The first-order valence-electron chi connectivity index (χ1n) is 7.12.